The van der Waals surface area contributed by atoms with Crippen LogP contribution in [0.25, 0.3) is 0 Å². The van der Waals surface area contributed by atoms with E-state index in [0.717, 1.165) is 5.56 Å². The predicted octanol–water partition coefficient (Wildman–Crippen LogP) is 4.45. The first kappa shape index (κ1) is 20.1. The number of carbonyl (C=O) groups excluding carboxylic acids is 1. The van der Waals surface area contributed by atoms with Gasteiger partial charge in [-0.15, -0.1) is 0 Å². The van der Waals surface area contributed by atoms with Crippen molar-refractivity contribution >= 4 is 29.3 Å². The maximum Gasteiger partial charge on any atom is 0.407 e. The zero-order valence-corrected chi connectivity index (χ0v) is 15.6. The van der Waals surface area contributed by atoms with Gasteiger partial charge in [0.1, 0.15) is 5.60 Å². The fraction of sp³-hybridized carbons (Fsp3) is 0.588. The van der Waals surface area contributed by atoms with Gasteiger partial charge in [0.2, 0.25) is 0 Å². The molecule has 130 valence electrons. The highest BCUT2D eigenvalue weighted by atomic mass is 35.5. The van der Waals surface area contributed by atoms with Crippen LogP contribution in [0, 0.1) is 5.41 Å². The molecule has 0 fully saturated rings. The maximum atomic E-state index is 11.8. The van der Waals surface area contributed by atoms with Crippen molar-refractivity contribution < 1.29 is 14.6 Å². The quantitative estimate of drug-likeness (QED) is 0.786. The second kappa shape index (κ2) is 8.22. The minimum atomic E-state index is -0.561. The average Bonchev–Trinajstić information content (AvgIpc) is 2.45. The van der Waals surface area contributed by atoms with Gasteiger partial charge in [0.15, 0.2) is 0 Å². The second-order valence-corrected chi connectivity index (χ2v) is 7.62. The second-order valence-electron chi connectivity index (χ2n) is 6.78. The Morgan fingerprint density at radius 2 is 1.96 bits per heavy atom. The molecule has 6 heteroatoms. The molecule has 0 aromatic heterocycles. The van der Waals surface area contributed by atoms with Crippen LogP contribution in [0.5, 0.6) is 0 Å². The number of aliphatic hydroxyl groups excluding tert-OH is 1. The third kappa shape index (κ3) is 6.58. The van der Waals surface area contributed by atoms with Gasteiger partial charge in [0.25, 0.3) is 0 Å². The molecule has 4 nitrogen and oxygen atoms in total. The summed E-state index contributed by atoms with van der Waals surface area (Å²) in [6.07, 6.45) is 0.679. The molecule has 1 aromatic rings. The standard InChI is InChI=1S/C17H25Cl2NO3/c1-5-17(11-21,10-20-15(22)23-16(2,3)4)9-12-8-13(18)6-7-14(12)19/h6-8,21H,5,9-11H2,1-4H3,(H,20,22). The van der Waals surface area contributed by atoms with Crippen LogP contribution in [0.1, 0.15) is 39.7 Å². The topological polar surface area (TPSA) is 58.6 Å². The SMILES string of the molecule is CCC(CO)(CNC(=O)OC(C)(C)C)Cc1cc(Cl)ccc1Cl. The lowest BCUT2D eigenvalue weighted by Gasteiger charge is -2.32. The van der Waals surface area contributed by atoms with Crippen LogP contribution in [-0.2, 0) is 11.2 Å². The Morgan fingerprint density at radius 1 is 1.30 bits per heavy atom. The Kier molecular flexibility index (Phi) is 7.18. The third-order valence-electron chi connectivity index (χ3n) is 3.67. The predicted molar refractivity (Wildman–Crippen MR) is 94.2 cm³/mol. The van der Waals surface area contributed by atoms with E-state index in [1.54, 1.807) is 39.0 Å². The van der Waals surface area contributed by atoms with Crippen molar-refractivity contribution in [2.45, 2.75) is 46.1 Å². The van der Waals surface area contributed by atoms with Gasteiger partial charge in [0, 0.05) is 22.0 Å². The molecule has 0 heterocycles. The molecule has 1 rings (SSSR count). The van der Waals surface area contributed by atoms with Crippen molar-refractivity contribution in [3.8, 4) is 0 Å². The normalized spacial score (nSPS) is 14.2. The van der Waals surface area contributed by atoms with Crippen LogP contribution in [0.2, 0.25) is 10.0 Å². The molecule has 1 aromatic carbocycles. The average molecular weight is 362 g/mol. The largest absolute Gasteiger partial charge is 0.444 e. The Balaban J connectivity index is 2.82. The Hall–Kier alpha value is -0.970. The number of ether oxygens (including phenoxy) is 1. The monoisotopic (exact) mass is 361 g/mol. The van der Waals surface area contributed by atoms with Crippen molar-refractivity contribution in [2.75, 3.05) is 13.2 Å². The van der Waals surface area contributed by atoms with Crippen molar-refractivity contribution in [3.63, 3.8) is 0 Å². The molecular formula is C17H25Cl2NO3. The van der Waals surface area contributed by atoms with Gasteiger partial charge >= 0.3 is 6.09 Å². The van der Waals surface area contributed by atoms with Gasteiger partial charge in [-0.1, -0.05) is 30.1 Å². The molecule has 0 saturated heterocycles. The fourth-order valence-corrected chi connectivity index (χ4v) is 2.57. The van der Waals surface area contributed by atoms with Gasteiger partial charge in [-0.3, -0.25) is 0 Å². The van der Waals surface area contributed by atoms with Crippen molar-refractivity contribution in [3.05, 3.63) is 33.8 Å². The lowest BCUT2D eigenvalue weighted by atomic mass is 9.80. The number of carbonyl (C=O) groups is 1. The van der Waals surface area contributed by atoms with Crippen LogP contribution >= 0.6 is 23.2 Å². The molecule has 0 aliphatic heterocycles. The minimum Gasteiger partial charge on any atom is -0.444 e. The van der Waals surface area contributed by atoms with E-state index in [1.807, 2.05) is 6.92 Å². The molecule has 1 unspecified atom stereocenters. The van der Waals surface area contributed by atoms with Gasteiger partial charge in [-0.2, -0.15) is 0 Å². The van der Waals surface area contributed by atoms with Crippen molar-refractivity contribution in [2.24, 2.45) is 5.41 Å². The summed E-state index contributed by atoms with van der Waals surface area (Å²) in [7, 11) is 0. The van der Waals surface area contributed by atoms with E-state index in [9.17, 15) is 9.90 Å². The maximum absolute atomic E-state index is 11.8. The molecular weight excluding hydrogens is 337 g/mol. The number of amides is 1. The van der Waals surface area contributed by atoms with Crippen molar-refractivity contribution in [1.82, 2.24) is 5.32 Å². The molecule has 2 N–H and O–H groups in total. The summed E-state index contributed by atoms with van der Waals surface area (Å²) < 4.78 is 5.24. The number of benzene rings is 1. The number of hydrogen-bond acceptors (Lipinski definition) is 3. The highest BCUT2D eigenvalue weighted by Crippen LogP contribution is 2.31. The summed E-state index contributed by atoms with van der Waals surface area (Å²) >= 11 is 12.2. The number of hydrogen-bond donors (Lipinski definition) is 2. The summed E-state index contributed by atoms with van der Waals surface area (Å²) in [4.78, 5) is 11.8. The molecule has 1 amide bonds. The van der Waals surface area contributed by atoms with E-state index < -0.39 is 17.1 Å². The van der Waals surface area contributed by atoms with Gasteiger partial charge in [-0.25, -0.2) is 4.79 Å². The zero-order valence-electron chi connectivity index (χ0n) is 14.1. The number of alkyl carbamates (subject to hydrolysis) is 1. The Bertz CT molecular complexity index is 537. The molecule has 23 heavy (non-hydrogen) atoms. The highest BCUT2D eigenvalue weighted by Gasteiger charge is 2.30. The molecule has 0 spiro atoms. The Labute approximate surface area is 148 Å². The number of nitrogens with one attached hydrogen (secondary N) is 1. The number of halogens is 2. The number of rotatable bonds is 6. The summed E-state index contributed by atoms with van der Waals surface area (Å²) in [5, 5.41) is 13.8. The lowest BCUT2D eigenvalue weighted by molar-refractivity contribution is 0.0461. The van der Waals surface area contributed by atoms with Gasteiger partial charge < -0.3 is 15.2 Å². The highest BCUT2D eigenvalue weighted by molar-refractivity contribution is 6.33. The first-order chi connectivity index (χ1) is 10.6. The zero-order chi connectivity index (χ0) is 17.7. The Morgan fingerprint density at radius 3 is 2.48 bits per heavy atom. The first-order valence-corrected chi connectivity index (χ1v) is 8.38. The van der Waals surface area contributed by atoms with Crippen LogP contribution < -0.4 is 5.32 Å². The van der Waals surface area contributed by atoms with Gasteiger partial charge in [-0.05, 0) is 57.4 Å². The molecule has 0 aliphatic rings. The first-order valence-electron chi connectivity index (χ1n) is 7.62. The molecule has 0 bridgehead atoms. The fourth-order valence-electron chi connectivity index (χ4n) is 2.19. The van der Waals surface area contributed by atoms with E-state index in [-0.39, 0.29) is 13.2 Å². The van der Waals surface area contributed by atoms with E-state index in [0.29, 0.717) is 22.9 Å². The molecule has 0 radical (unpaired) electrons. The van der Waals surface area contributed by atoms with Crippen LogP contribution in [0.15, 0.2) is 18.2 Å². The van der Waals surface area contributed by atoms with E-state index in [2.05, 4.69) is 5.32 Å². The minimum absolute atomic E-state index is 0.0812. The molecule has 1 atom stereocenters. The van der Waals surface area contributed by atoms with Crippen molar-refractivity contribution in [1.29, 1.82) is 0 Å². The third-order valence-corrected chi connectivity index (χ3v) is 4.27. The van der Waals surface area contributed by atoms with Crippen LogP contribution in [0.4, 0.5) is 4.79 Å². The van der Waals surface area contributed by atoms with Gasteiger partial charge in [0.05, 0.1) is 6.61 Å². The van der Waals surface area contributed by atoms with Crippen LogP contribution in [0.3, 0.4) is 0 Å². The van der Waals surface area contributed by atoms with E-state index in [1.165, 1.54) is 0 Å². The summed E-state index contributed by atoms with van der Waals surface area (Å²) in [5.41, 5.74) is -0.235. The van der Waals surface area contributed by atoms with E-state index in [4.69, 9.17) is 27.9 Å². The number of aliphatic hydroxyl groups is 1. The summed E-state index contributed by atoms with van der Waals surface area (Å²) in [5.74, 6) is 0. The summed E-state index contributed by atoms with van der Waals surface area (Å²) in [6.45, 7) is 7.58. The summed E-state index contributed by atoms with van der Waals surface area (Å²) in [6, 6.07) is 5.24. The molecule has 0 saturated carbocycles. The van der Waals surface area contributed by atoms with E-state index >= 15 is 0 Å². The van der Waals surface area contributed by atoms with Crippen LogP contribution in [-0.4, -0.2) is 30.0 Å². The lowest BCUT2D eigenvalue weighted by Crippen LogP contribution is -2.43. The molecule has 0 aliphatic carbocycles. The smallest absolute Gasteiger partial charge is 0.407 e.